The van der Waals surface area contributed by atoms with Crippen molar-refractivity contribution < 1.29 is 4.42 Å². The van der Waals surface area contributed by atoms with Gasteiger partial charge in [0.1, 0.15) is 0 Å². The van der Waals surface area contributed by atoms with E-state index in [1.807, 2.05) is 6.07 Å². The highest BCUT2D eigenvalue weighted by Crippen LogP contribution is 2.20. The van der Waals surface area contributed by atoms with Gasteiger partial charge in [-0.05, 0) is 12.1 Å². The molecule has 3 nitrogen and oxygen atoms in total. The minimum absolute atomic E-state index is 0.0493. The van der Waals surface area contributed by atoms with Crippen LogP contribution in [0.3, 0.4) is 0 Å². The van der Waals surface area contributed by atoms with Crippen LogP contribution in [0.25, 0.3) is 11.5 Å². The molecule has 0 saturated heterocycles. The third-order valence-corrected chi connectivity index (χ3v) is 2.47. The van der Waals surface area contributed by atoms with Gasteiger partial charge in [-0.3, -0.25) is 0 Å². The van der Waals surface area contributed by atoms with Gasteiger partial charge in [0.15, 0.2) is 10.2 Å². The van der Waals surface area contributed by atoms with E-state index in [0.717, 1.165) is 0 Å². The van der Waals surface area contributed by atoms with Gasteiger partial charge in [0.05, 0.1) is 0 Å². The van der Waals surface area contributed by atoms with Gasteiger partial charge in [0.25, 0.3) is 0 Å². The van der Waals surface area contributed by atoms with Crippen molar-refractivity contribution in [2.24, 2.45) is 0 Å². The van der Waals surface area contributed by atoms with E-state index in [0.29, 0.717) is 5.56 Å². The Hall–Kier alpha value is -1.32. The van der Waals surface area contributed by atoms with E-state index in [1.54, 1.807) is 24.3 Å². The fourth-order valence-electron chi connectivity index (χ4n) is 1.08. The Morgan fingerprint density at radius 1 is 1.13 bits per heavy atom. The van der Waals surface area contributed by atoms with Gasteiger partial charge in [-0.25, -0.2) is 4.79 Å². The monoisotopic (exact) mass is 241 g/mol. The molecule has 0 atom stereocenters. The number of benzene rings is 1. The first kappa shape index (κ1) is 10.2. The van der Waals surface area contributed by atoms with Crippen LogP contribution in [0.1, 0.15) is 0 Å². The Labute approximate surface area is 95.3 Å². The molecule has 0 spiro atoms. The third kappa shape index (κ3) is 2.03. The Morgan fingerprint density at radius 2 is 1.80 bits per heavy atom. The van der Waals surface area contributed by atoms with Crippen LogP contribution < -0.4 is 5.63 Å². The van der Waals surface area contributed by atoms with Gasteiger partial charge in [-0.15, -0.1) is 0 Å². The molecular weight excluding hydrogens is 237 g/mol. The quantitative estimate of drug-likeness (QED) is 0.771. The molecule has 0 aliphatic heterocycles. The summed E-state index contributed by atoms with van der Waals surface area (Å²) >= 11 is 11.2. The van der Waals surface area contributed by atoms with Crippen molar-refractivity contribution in [2.75, 3.05) is 0 Å². The van der Waals surface area contributed by atoms with Crippen molar-refractivity contribution in [1.29, 1.82) is 0 Å². The molecule has 5 heteroatoms. The van der Waals surface area contributed by atoms with E-state index >= 15 is 0 Å². The zero-order chi connectivity index (χ0) is 10.8. The Morgan fingerprint density at radius 3 is 2.40 bits per heavy atom. The minimum atomic E-state index is -0.685. The predicted octanol–water partition coefficient (Wildman–Crippen LogP) is 3.01. The molecule has 76 valence electrons. The van der Waals surface area contributed by atoms with Crippen molar-refractivity contribution in [3.63, 3.8) is 0 Å². The number of hydrogen-bond acceptors (Lipinski definition) is 3. The first-order valence-corrected chi connectivity index (χ1v) is 4.85. The molecule has 0 radical (unpaired) electrons. The van der Waals surface area contributed by atoms with Crippen molar-refractivity contribution >= 4 is 23.2 Å². The molecule has 15 heavy (non-hydrogen) atoms. The summed E-state index contributed by atoms with van der Waals surface area (Å²) in [4.78, 5) is 15.1. The van der Waals surface area contributed by atoms with Crippen LogP contribution in [0, 0.1) is 0 Å². The first-order chi connectivity index (χ1) is 7.18. The third-order valence-electron chi connectivity index (χ3n) is 1.77. The molecule has 1 aromatic heterocycles. The molecular formula is C10H5Cl2NO2. The molecule has 0 aliphatic carbocycles. The summed E-state index contributed by atoms with van der Waals surface area (Å²) in [5, 5.41) is -0.247. The molecule has 1 aromatic carbocycles. The van der Waals surface area contributed by atoms with Crippen LogP contribution in [0.15, 0.2) is 39.5 Å². The fourth-order valence-corrected chi connectivity index (χ4v) is 1.32. The maximum absolute atomic E-state index is 11.2. The average molecular weight is 242 g/mol. The Kier molecular flexibility index (Phi) is 2.75. The van der Waals surface area contributed by atoms with E-state index in [-0.39, 0.29) is 16.1 Å². The van der Waals surface area contributed by atoms with Crippen LogP contribution in [0.5, 0.6) is 0 Å². The standard InChI is InChI=1S/C10H5Cl2NO2/c11-7-8(12)13-9(15-10(7)14)6-4-2-1-3-5-6/h1-5H. The van der Waals surface area contributed by atoms with E-state index in [1.165, 1.54) is 0 Å². The zero-order valence-corrected chi connectivity index (χ0v) is 8.92. The lowest BCUT2D eigenvalue weighted by Crippen LogP contribution is -2.03. The van der Waals surface area contributed by atoms with Gasteiger partial charge in [-0.1, -0.05) is 41.4 Å². The lowest BCUT2D eigenvalue weighted by molar-refractivity contribution is 0.508. The average Bonchev–Trinajstić information content (AvgIpc) is 2.26. The largest absolute Gasteiger partial charge is 0.402 e. The van der Waals surface area contributed by atoms with Crippen molar-refractivity contribution in [1.82, 2.24) is 4.98 Å². The first-order valence-electron chi connectivity index (χ1n) is 4.10. The second-order valence-corrected chi connectivity index (χ2v) is 3.51. The number of nitrogens with zero attached hydrogens (tertiary/aromatic N) is 1. The minimum Gasteiger partial charge on any atom is -0.402 e. The molecule has 2 rings (SSSR count). The van der Waals surface area contributed by atoms with E-state index < -0.39 is 5.63 Å². The van der Waals surface area contributed by atoms with Crippen LogP contribution in [-0.2, 0) is 0 Å². The van der Waals surface area contributed by atoms with Crippen molar-refractivity contribution in [3.05, 3.63) is 50.9 Å². The lowest BCUT2D eigenvalue weighted by atomic mass is 10.2. The Bertz CT molecular complexity index is 537. The fraction of sp³-hybridized carbons (Fsp3) is 0. The molecule has 0 unspecified atom stereocenters. The SMILES string of the molecule is O=c1oc(-c2ccccc2)nc(Cl)c1Cl. The van der Waals surface area contributed by atoms with Crippen LogP contribution in [0.4, 0.5) is 0 Å². The number of hydrogen-bond donors (Lipinski definition) is 0. The summed E-state index contributed by atoms with van der Waals surface area (Å²) in [6.45, 7) is 0. The van der Waals surface area contributed by atoms with E-state index in [9.17, 15) is 4.79 Å². The number of rotatable bonds is 1. The molecule has 0 amide bonds. The van der Waals surface area contributed by atoms with Crippen molar-refractivity contribution in [3.8, 4) is 11.5 Å². The maximum atomic E-state index is 11.2. The topological polar surface area (TPSA) is 43.1 Å². The summed E-state index contributed by atoms with van der Waals surface area (Å²) < 4.78 is 4.89. The van der Waals surface area contributed by atoms with Gasteiger partial charge in [0.2, 0.25) is 5.89 Å². The molecule has 0 saturated carbocycles. The van der Waals surface area contributed by atoms with E-state index in [4.69, 9.17) is 27.6 Å². The summed E-state index contributed by atoms with van der Waals surface area (Å²) in [7, 11) is 0. The number of aromatic nitrogens is 1. The molecule has 0 aliphatic rings. The Balaban J connectivity index is 2.61. The van der Waals surface area contributed by atoms with E-state index in [2.05, 4.69) is 4.98 Å². The molecule has 2 aromatic rings. The zero-order valence-electron chi connectivity index (χ0n) is 7.41. The maximum Gasteiger partial charge on any atom is 0.359 e. The highest BCUT2D eigenvalue weighted by Gasteiger charge is 2.10. The van der Waals surface area contributed by atoms with Crippen molar-refractivity contribution in [2.45, 2.75) is 0 Å². The lowest BCUT2D eigenvalue weighted by Gasteiger charge is -1.99. The van der Waals surface area contributed by atoms with Crippen LogP contribution in [0.2, 0.25) is 10.2 Å². The number of halogens is 2. The van der Waals surface area contributed by atoms with Gasteiger partial charge in [0, 0.05) is 5.56 Å². The molecule has 1 heterocycles. The summed E-state index contributed by atoms with van der Waals surface area (Å²) in [6.07, 6.45) is 0. The predicted molar refractivity (Wildman–Crippen MR) is 58.2 cm³/mol. The molecule has 0 N–H and O–H groups in total. The van der Waals surface area contributed by atoms with Crippen LogP contribution >= 0.6 is 23.2 Å². The second kappa shape index (κ2) is 4.04. The second-order valence-electron chi connectivity index (χ2n) is 2.78. The normalized spacial score (nSPS) is 10.3. The van der Waals surface area contributed by atoms with Gasteiger partial charge >= 0.3 is 5.63 Å². The summed E-state index contributed by atoms with van der Waals surface area (Å²) in [5.74, 6) is 0.162. The molecule has 0 fully saturated rings. The van der Waals surface area contributed by atoms with Crippen LogP contribution in [-0.4, -0.2) is 4.98 Å². The summed E-state index contributed by atoms with van der Waals surface area (Å²) in [5.41, 5.74) is -0.0105. The molecule has 0 bridgehead atoms. The highest BCUT2D eigenvalue weighted by molar-refractivity contribution is 6.41. The van der Waals surface area contributed by atoms with Gasteiger partial charge in [-0.2, -0.15) is 4.98 Å². The summed E-state index contributed by atoms with van der Waals surface area (Å²) in [6, 6.07) is 8.98. The van der Waals surface area contributed by atoms with Gasteiger partial charge < -0.3 is 4.42 Å². The highest BCUT2D eigenvalue weighted by atomic mass is 35.5. The smallest absolute Gasteiger partial charge is 0.359 e.